The van der Waals surface area contributed by atoms with Crippen LogP contribution >= 0.6 is 11.8 Å². The van der Waals surface area contributed by atoms with E-state index in [1.165, 1.54) is 0 Å². The van der Waals surface area contributed by atoms with Gasteiger partial charge in [-0.1, -0.05) is 6.92 Å². The molecule has 0 saturated carbocycles. The Kier molecular flexibility index (Phi) is 3.91. The standard InChI is InChI=1S/C13H16N2O2S/c1-3-18-7-9(2)15-8-14-11-6-10(13(16)17)4-5-12(11)15/h4-6,8-9H,3,7H2,1-2H3,(H,16,17). The molecule has 1 unspecified atom stereocenters. The van der Waals surface area contributed by atoms with Crippen LogP contribution in [0.4, 0.5) is 0 Å². The van der Waals surface area contributed by atoms with Crippen molar-refractivity contribution < 1.29 is 9.90 Å². The van der Waals surface area contributed by atoms with E-state index < -0.39 is 5.97 Å². The molecule has 0 radical (unpaired) electrons. The van der Waals surface area contributed by atoms with Crippen LogP contribution in [0, 0.1) is 0 Å². The van der Waals surface area contributed by atoms with Crippen molar-refractivity contribution in [2.75, 3.05) is 11.5 Å². The molecule has 96 valence electrons. The summed E-state index contributed by atoms with van der Waals surface area (Å²) in [5.74, 6) is 1.21. The molecular formula is C13H16N2O2S. The highest BCUT2D eigenvalue weighted by Gasteiger charge is 2.11. The third-order valence-electron chi connectivity index (χ3n) is 2.86. The van der Waals surface area contributed by atoms with Gasteiger partial charge in [-0.3, -0.25) is 0 Å². The average molecular weight is 264 g/mol. The van der Waals surface area contributed by atoms with Crippen molar-refractivity contribution in [3.63, 3.8) is 0 Å². The fraction of sp³-hybridized carbons (Fsp3) is 0.385. The molecule has 1 atom stereocenters. The van der Waals surface area contributed by atoms with Crippen LogP contribution in [0.2, 0.25) is 0 Å². The van der Waals surface area contributed by atoms with Gasteiger partial charge in [0.2, 0.25) is 0 Å². The first-order chi connectivity index (χ1) is 8.63. The lowest BCUT2D eigenvalue weighted by molar-refractivity contribution is 0.0697. The molecule has 0 spiro atoms. The van der Waals surface area contributed by atoms with E-state index in [1.54, 1.807) is 18.5 Å². The monoisotopic (exact) mass is 264 g/mol. The Labute approximate surface area is 110 Å². The number of hydrogen-bond acceptors (Lipinski definition) is 3. The van der Waals surface area contributed by atoms with Crippen molar-refractivity contribution in [2.24, 2.45) is 0 Å². The van der Waals surface area contributed by atoms with Gasteiger partial charge in [0.15, 0.2) is 0 Å². The molecule has 4 nitrogen and oxygen atoms in total. The summed E-state index contributed by atoms with van der Waals surface area (Å²) in [7, 11) is 0. The number of hydrogen-bond donors (Lipinski definition) is 1. The topological polar surface area (TPSA) is 55.1 Å². The first-order valence-corrected chi connectivity index (χ1v) is 7.06. The van der Waals surface area contributed by atoms with Crippen LogP contribution in [0.5, 0.6) is 0 Å². The van der Waals surface area contributed by atoms with E-state index in [0.29, 0.717) is 6.04 Å². The van der Waals surface area contributed by atoms with Gasteiger partial charge in [-0.25, -0.2) is 9.78 Å². The lowest BCUT2D eigenvalue weighted by atomic mass is 10.2. The summed E-state index contributed by atoms with van der Waals surface area (Å²) >= 11 is 1.89. The summed E-state index contributed by atoms with van der Waals surface area (Å²) in [6.45, 7) is 4.29. The van der Waals surface area contributed by atoms with Gasteiger partial charge in [-0.05, 0) is 30.9 Å². The molecule has 0 bridgehead atoms. The second-order valence-electron chi connectivity index (χ2n) is 4.17. The minimum Gasteiger partial charge on any atom is -0.478 e. The van der Waals surface area contributed by atoms with Crippen molar-refractivity contribution >= 4 is 28.8 Å². The van der Waals surface area contributed by atoms with Gasteiger partial charge in [0, 0.05) is 11.8 Å². The smallest absolute Gasteiger partial charge is 0.335 e. The van der Waals surface area contributed by atoms with Gasteiger partial charge in [-0.2, -0.15) is 11.8 Å². The zero-order valence-electron chi connectivity index (χ0n) is 10.5. The lowest BCUT2D eigenvalue weighted by Gasteiger charge is -2.13. The number of carboxylic acid groups (broad SMARTS) is 1. The van der Waals surface area contributed by atoms with Crippen LogP contribution < -0.4 is 0 Å². The molecule has 1 heterocycles. The Balaban J connectivity index is 2.33. The molecule has 2 aromatic rings. The Bertz CT molecular complexity index is 565. The molecule has 0 aliphatic carbocycles. The SMILES string of the molecule is CCSCC(C)n1cnc2cc(C(=O)O)ccc21. The molecule has 0 fully saturated rings. The first kappa shape index (κ1) is 13.0. The summed E-state index contributed by atoms with van der Waals surface area (Å²) in [6.07, 6.45) is 1.79. The Morgan fingerprint density at radius 2 is 2.33 bits per heavy atom. The van der Waals surface area contributed by atoms with Crippen molar-refractivity contribution in [3.8, 4) is 0 Å². The Morgan fingerprint density at radius 1 is 1.56 bits per heavy atom. The molecule has 0 aliphatic rings. The number of imidazole rings is 1. The second-order valence-corrected chi connectivity index (χ2v) is 5.49. The summed E-state index contributed by atoms with van der Waals surface area (Å²) in [5, 5.41) is 8.94. The summed E-state index contributed by atoms with van der Waals surface area (Å²) < 4.78 is 2.10. The van der Waals surface area contributed by atoms with Gasteiger partial charge in [-0.15, -0.1) is 0 Å². The molecule has 2 rings (SSSR count). The highest BCUT2D eigenvalue weighted by atomic mass is 32.2. The van der Waals surface area contributed by atoms with Crippen LogP contribution in [0.15, 0.2) is 24.5 Å². The molecule has 5 heteroatoms. The predicted octanol–water partition coefficient (Wildman–Crippen LogP) is 3.05. The molecule has 1 aromatic heterocycles. The Morgan fingerprint density at radius 3 is 3.00 bits per heavy atom. The number of fused-ring (bicyclic) bond motifs is 1. The fourth-order valence-electron chi connectivity index (χ4n) is 1.88. The van der Waals surface area contributed by atoms with Gasteiger partial charge in [0.05, 0.1) is 22.9 Å². The van der Waals surface area contributed by atoms with Crippen LogP contribution in [0.3, 0.4) is 0 Å². The zero-order chi connectivity index (χ0) is 13.1. The van der Waals surface area contributed by atoms with Crippen molar-refractivity contribution in [3.05, 3.63) is 30.1 Å². The predicted molar refractivity (Wildman–Crippen MR) is 74.4 cm³/mol. The number of carbonyl (C=O) groups is 1. The van der Waals surface area contributed by atoms with Crippen LogP contribution in [0.25, 0.3) is 11.0 Å². The number of rotatable bonds is 5. The van der Waals surface area contributed by atoms with E-state index in [9.17, 15) is 4.79 Å². The highest BCUT2D eigenvalue weighted by molar-refractivity contribution is 7.99. The molecule has 0 aliphatic heterocycles. The molecule has 0 amide bonds. The average Bonchev–Trinajstić information content (AvgIpc) is 2.78. The van der Waals surface area contributed by atoms with E-state index in [-0.39, 0.29) is 5.56 Å². The van der Waals surface area contributed by atoms with Gasteiger partial charge < -0.3 is 9.67 Å². The quantitative estimate of drug-likeness (QED) is 0.901. The maximum absolute atomic E-state index is 10.9. The van der Waals surface area contributed by atoms with Crippen molar-refractivity contribution in [2.45, 2.75) is 19.9 Å². The third-order valence-corrected chi connectivity index (χ3v) is 3.99. The second kappa shape index (κ2) is 5.44. The van der Waals surface area contributed by atoms with E-state index in [4.69, 9.17) is 5.11 Å². The number of benzene rings is 1. The summed E-state index contributed by atoms with van der Waals surface area (Å²) in [6, 6.07) is 5.44. The van der Waals surface area contributed by atoms with Gasteiger partial charge in [0.1, 0.15) is 0 Å². The number of nitrogens with zero attached hydrogens (tertiary/aromatic N) is 2. The van der Waals surface area contributed by atoms with Crippen LogP contribution in [-0.2, 0) is 0 Å². The largest absolute Gasteiger partial charge is 0.478 e. The van der Waals surface area contributed by atoms with Gasteiger partial charge in [0.25, 0.3) is 0 Å². The van der Waals surface area contributed by atoms with Crippen LogP contribution in [0.1, 0.15) is 30.2 Å². The summed E-state index contributed by atoms with van der Waals surface area (Å²) in [5.41, 5.74) is 2.01. The molecule has 1 aromatic carbocycles. The molecule has 0 saturated heterocycles. The normalized spacial score (nSPS) is 12.8. The van der Waals surface area contributed by atoms with E-state index in [1.807, 2.05) is 17.8 Å². The van der Waals surface area contributed by atoms with E-state index in [2.05, 4.69) is 23.4 Å². The molecule has 1 N–H and O–H groups in total. The van der Waals surface area contributed by atoms with E-state index >= 15 is 0 Å². The third kappa shape index (κ3) is 2.51. The van der Waals surface area contributed by atoms with Gasteiger partial charge >= 0.3 is 5.97 Å². The minimum atomic E-state index is -0.916. The first-order valence-electron chi connectivity index (χ1n) is 5.91. The van der Waals surface area contributed by atoms with Crippen LogP contribution in [-0.4, -0.2) is 32.1 Å². The maximum Gasteiger partial charge on any atom is 0.335 e. The van der Waals surface area contributed by atoms with E-state index in [0.717, 1.165) is 22.5 Å². The number of thioether (sulfide) groups is 1. The lowest BCUT2D eigenvalue weighted by Crippen LogP contribution is -2.06. The fourth-order valence-corrected chi connectivity index (χ4v) is 2.62. The number of aromatic carboxylic acids is 1. The number of carboxylic acids is 1. The minimum absolute atomic E-state index is 0.281. The zero-order valence-corrected chi connectivity index (χ0v) is 11.3. The molecular weight excluding hydrogens is 248 g/mol. The van der Waals surface area contributed by atoms with Crippen molar-refractivity contribution in [1.29, 1.82) is 0 Å². The molecule has 18 heavy (non-hydrogen) atoms. The number of aromatic nitrogens is 2. The maximum atomic E-state index is 10.9. The summed E-state index contributed by atoms with van der Waals surface area (Å²) in [4.78, 5) is 15.2. The van der Waals surface area contributed by atoms with Crippen molar-refractivity contribution in [1.82, 2.24) is 9.55 Å². The highest BCUT2D eigenvalue weighted by Crippen LogP contribution is 2.21. The Hall–Kier alpha value is -1.49.